The Morgan fingerprint density at radius 2 is 2.04 bits per heavy atom. The Labute approximate surface area is 148 Å². The molecule has 0 aliphatic carbocycles. The highest BCUT2D eigenvalue weighted by molar-refractivity contribution is 7.80. The van der Waals surface area contributed by atoms with E-state index in [1.807, 2.05) is 0 Å². The lowest BCUT2D eigenvalue weighted by Gasteiger charge is -2.21. The van der Waals surface area contributed by atoms with E-state index in [0.29, 0.717) is 18.3 Å². The third-order valence-electron chi connectivity index (χ3n) is 3.55. The Kier molecular flexibility index (Phi) is 7.52. The van der Waals surface area contributed by atoms with E-state index in [0.717, 1.165) is 6.42 Å². The van der Waals surface area contributed by atoms with Crippen LogP contribution in [-0.4, -0.2) is 25.4 Å². The minimum Gasteiger partial charge on any atom is -0.383 e. The predicted octanol–water partition coefficient (Wildman–Crippen LogP) is 3.90. The standard InChI is InChI=1S/C18H24N2OS2/c1-3-5-14-7-9-15(10-8-14)17(16-6-4-13-23-16)20-18(22)19-11-12-21-2/h4,6-10,13,17H,3,5,11-12H2,1-2H3,(H2,19,20,22)/t17-/m0/s1. The third-order valence-corrected chi connectivity index (χ3v) is 4.75. The molecule has 0 saturated carbocycles. The average Bonchev–Trinajstić information content (AvgIpc) is 3.08. The fourth-order valence-corrected chi connectivity index (χ4v) is 3.41. The first-order valence-corrected chi connectivity index (χ1v) is 9.19. The summed E-state index contributed by atoms with van der Waals surface area (Å²) in [5.74, 6) is 0. The highest BCUT2D eigenvalue weighted by Crippen LogP contribution is 2.26. The van der Waals surface area contributed by atoms with Gasteiger partial charge in [-0.15, -0.1) is 11.3 Å². The minimum absolute atomic E-state index is 0.0771. The third kappa shape index (κ3) is 5.61. The van der Waals surface area contributed by atoms with E-state index in [9.17, 15) is 0 Å². The number of benzene rings is 1. The Balaban J connectivity index is 2.10. The summed E-state index contributed by atoms with van der Waals surface area (Å²) < 4.78 is 5.04. The van der Waals surface area contributed by atoms with Gasteiger partial charge in [0.25, 0.3) is 0 Å². The van der Waals surface area contributed by atoms with Gasteiger partial charge in [-0.25, -0.2) is 0 Å². The van der Waals surface area contributed by atoms with Crippen LogP contribution in [0.2, 0.25) is 0 Å². The number of thiocarbonyl (C=S) groups is 1. The van der Waals surface area contributed by atoms with Crippen molar-refractivity contribution in [2.45, 2.75) is 25.8 Å². The lowest BCUT2D eigenvalue weighted by atomic mass is 10.0. The first-order valence-electron chi connectivity index (χ1n) is 7.90. The first-order chi connectivity index (χ1) is 11.2. The van der Waals surface area contributed by atoms with Crippen LogP contribution in [0.5, 0.6) is 0 Å². The fraction of sp³-hybridized carbons (Fsp3) is 0.389. The number of aryl methyl sites for hydroxylation is 1. The maximum atomic E-state index is 5.41. The number of thiophene rings is 1. The number of nitrogens with one attached hydrogen (secondary N) is 2. The van der Waals surface area contributed by atoms with Crippen molar-refractivity contribution in [3.8, 4) is 0 Å². The van der Waals surface area contributed by atoms with Gasteiger partial charge in [0.05, 0.1) is 12.6 Å². The molecule has 1 heterocycles. The van der Waals surface area contributed by atoms with Crippen molar-refractivity contribution in [2.75, 3.05) is 20.3 Å². The van der Waals surface area contributed by atoms with Crippen LogP contribution < -0.4 is 10.6 Å². The molecule has 23 heavy (non-hydrogen) atoms. The van der Waals surface area contributed by atoms with Gasteiger partial charge in [-0.2, -0.15) is 0 Å². The Morgan fingerprint density at radius 3 is 2.65 bits per heavy atom. The number of hydrogen-bond acceptors (Lipinski definition) is 3. The van der Waals surface area contributed by atoms with Gasteiger partial charge in [0.2, 0.25) is 0 Å². The van der Waals surface area contributed by atoms with Crippen LogP contribution in [0.1, 0.15) is 35.4 Å². The zero-order chi connectivity index (χ0) is 16.5. The Morgan fingerprint density at radius 1 is 1.26 bits per heavy atom. The zero-order valence-electron chi connectivity index (χ0n) is 13.7. The number of ether oxygens (including phenoxy) is 1. The van der Waals surface area contributed by atoms with Gasteiger partial charge in [-0.05, 0) is 41.2 Å². The largest absolute Gasteiger partial charge is 0.383 e. The molecule has 0 spiro atoms. The number of hydrogen-bond donors (Lipinski definition) is 2. The molecule has 3 nitrogen and oxygen atoms in total. The molecule has 2 aromatic rings. The Hall–Kier alpha value is -1.43. The molecule has 2 N–H and O–H groups in total. The fourth-order valence-electron chi connectivity index (χ4n) is 2.39. The maximum Gasteiger partial charge on any atom is 0.167 e. The van der Waals surface area contributed by atoms with Crippen LogP contribution in [0.4, 0.5) is 0 Å². The van der Waals surface area contributed by atoms with Crippen LogP contribution in [0, 0.1) is 0 Å². The molecule has 0 bridgehead atoms. The van der Waals surface area contributed by atoms with Crippen molar-refractivity contribution < 1.29 is 4.74 Å². The smallest absolute Gasteiger partial charge is 0.167 e. The summed E-state index contributed by atoms with van der Waals surface area (Å²) in [5.41, 5.74) is 2.60. The lowest BCUT2D eigenvalue weighted by molar-refractivity contribution is 0.204. The molecule has 0 aliphatic heterocycles. The average molecular weight is 349 g/mol. The summed E-state index contributed by atoms with van der Waals surface area (Å²) in [7, 11) is 1.68. The Bertz CT molecular complexity index is 582. The van der Waals surface area contributed by atoms with Gasteiger partial charge in [0.1, 0.15) is 0 Å². The van der Waals surface area contributed by atoms with Crippen LogP contribution in [0.25, 0.3) is 0 Å². The van der Waals surface area contributed by atoms with E-state index < -0.39 is 0 Å². The molecule has 1 aromatic heterocycles. The molecule has 0 unspecified atom stereocenters. The summed E-state index contributed by atoms with van der Waals surface area (Å²) >= 11 is 7.15. The second-order valence-corrected chi connectivity index (χ2v) is 6.72. The van der Waals surface area contributed by atoms with Crippen LogP contribution in [0.3, 0.4) is 0 Å². The van der Waals surface area contributed by atoms with Gasteiger partial charge in [-0.1, -0.05) is 43.7 Å². The molecular formula is C18H24N2OS2. The molecule has 0 amide bonds. The van der Waals surface area contributed by atoms with Crippen molar-refractivity contribution in [3.05, 3.63) is 57.8 Å². The van der Waals surface area contributed by atoms with Gasteiger partial charge in [-0.3, -0.25) is 0 Å². The summed E-state index contributed by atoms with van der Waals surface area (Å²) in [5, 5.41) is 9.34. The van der Waals surface area contributed by atoms with Gasteiger partial charge in [0, 0.05) is 18.5 Å². The molecule has 2 rings (SSSR count). The predicted molar refractivity (Wildman–Crippen MR) is 102 cm³/mol. The molecule has 5 heteroatoms. The second kappa shape index (κ2) is 9.65. The lowest BCUT2D eigenvalue weighted by Crippen LogP contribution is -2.39. The summed E-state index contributed by atoms with van der Waals surface area (Å²) in [4.78, 5) is 1.25. The molecule has 1 atom stereocenters. The quantitative estimate of drug-likeness (QED) is 0.560. The molecule has 124 valence electrons. The molecule has 0 fully saturated rings. The highest BCUT2D eigenvalue weighted by Gasteiger charge is 2.16. The van der Waals surface area contributed by atoms with E-state index in [1.165, 1.54) is 22.4 Å². The highest BCUT2D eigenvalue weighted by atomic mass is 32.1. The summed E-state index contributed by atoms with van der Waals surface area (Å²) in [6.45, 7) is 3.54. The molecule has 0 radical (unpaired) electrons. The molecule has 1 aromatic carbocycles. The molecule has 0 aliphatic rings. The van der Waals surface area contributed by atoms with E-state index in [1.54, 1.807) is 18.4 Å². The monoisotopic (exact) mass is 348 g/mol. The SMILES string of the molecule is CCCc1ccc([C@H](NC(=S)NCCOC)c2cccs2)cc1. The van der Waals surface area contributed by atoms with Crippen LogP contribution in [0.15, 0.2) is 41.8 Å². The van der Waals surface area contributed by atoms with Crippen molar-refractivity contribution >= 4 is 28.7 Å². The van der Waals surface area contributed by atoms with E-state index in [-0.39, 0.29) is 6.04 Å². The minimum atomic E-state index is 0.0771. The van der Waals surface area contributed by atoms with Crippen molar-refractivity contribution in [1.82, 2.24) is 10.6 Å². The van der Waals surface area contributed by atoms with Crippen molar-refractivity contribution in [1.29, 1.82) is 0 Å². The van der Waals surface area contributed by atoms with Crippen molar-refractivity contribution in [3.63, 3.8) is 0 Å². The molecular weight excluding hydrogens is 324 g/mol. The zero-order valence-corrected chi connectivity index (χ0v) is 15.3. The van der Waals surface area contributed by atoms with Crippen LogP contribution in [-0.2, 0) is 11.2 Å². The number of rotatable bonds is 8. The van der Waals surface area contributed by atoms with E-state index in [2.05, 4.69) is 59.3 Å². The molecule has 0 saturated heterocycles. The first kappa shape index (κ1) is 17.9. The summed E-state index contributed by atoms with van der Waals surface area (Å²) in [6.07, 6.45) is 2.29. The second-order valence-electron chi connectivity index (χ2n) is 5.33. The van der Waals surface area contributed by atoms with Crippen LogP contribution >= 0.6 is 23.6 Å². The van der Waals surface area contributed by atoms with E-state index >= 15 is 0 Å². The van der Waals surface area contributed by atoms with Gasteiger partial charge < -0.3 is 15.4 Å². The van der Waals surface area contributed by atoms with Crippen molar-refractivity contribution in [2.24, 2.45) is 0 Å². The normalized spacial score (nSPS) is 11.9. The van der Waals surface area contributed by atoms with Gasteiger partial charge in [0.15, 0.2) is 5.11 Å². The number of methoxy groups -OCH3 is 1. The van der Waals surface area contributed by atoms with E-state index in [4.69, 9.17) is 17.0 Å². The topological polar surface area (TPSA) is 33.3 Å². The van der Waals surface area contributed by atoms with Gasteiger partial charge >= 0.3 is 0 Å². The maximum absolute atomic E-state index is 5.41. The summed E-state index contributed by atoms with van der Waals surface area (Å²) in [6, 6.07) is 13.1.